The molecule has 1 aromatic heterocycles. The maximum Gasteiger partial charge on any atom is 0.410 e. The summed E-state index contributed by atoms with van der Waals surface area (Å²) in [7, 11) is 0. The zero-order valence-electron chi connectivity index (χ0n) is 24.3. The molecule has 0 N–H and O–H groups in total. The van der Waals surface area contributed by atoms with Crippen LogP contribution in [0.1, 0.15) is 82.9 Å². The Labute approximate surface area is 236 Å². The van der Waals surface area contributed by atoms with Crippen molar-refractivity contribution >= 4 is 12.2 Å². The number of benzene rings is 1. The molecule has 1 saturated carbocycles. The number of aromatic nitrogens is 2. The van der Waals surface area contributed by atoms with E-state index in [4.69, 9.17) is 19.3 Å². The third kappa shape index (κ3) is 5.52. The number of ether oxygens (including phenoxy) is 3. The number of fused-ring (bicyclic) bond motifs is 4. The molecule has 2 saturated heterocycles. The molecule has 1 aromatic carbocycles. The van der Waals surface area contributed by atoms with Gasteiger partial charge in [-0.1, -0.05) is 6.07 Å². The van der Waals surface area contributed by atoms with Crippen LogP contribution in [0.25, 0.3) is 11.3 Å². The third-order valence-electron chi connectivity index (χ3n) is 8.61. The normalized spacial score (nSPS) is 22.1. The summed E-state index contributed by atoms with van der Waals surface area (Å²) >= 11 is 0. The predicted octanol–water partition coefficient (Wildman–Crippen LogP) is 6.05. The highest BCUT2D eigenvalue weighted by Gasteiger charge is 2.46. The van der Waals surface area contributed by atoms with Crippen molar-refractivity contribution in [1.82, 2.24) is 19.6 Å². The minimum absolute atomic E-state index is 0.182. The fourth-order valence-electron chi connectivity index (χ4n) is 6.13. The maximum absolute atomic E-state index is 12.7. The van der Waals surface area contributed by atoms with Crippen LogP contribution >= 0.6 is 0 Å². The average molecular weight is 551 g/mol. The van der Waals surface area contributed by atoms with Gasteiger partial charge in [-0.2, -0.15) is 5.10 Å². The molecule has 2 aromatic rings. The minimum atomic E-state index is -0.533. The largest absolute Gasteiger partial charge is 0.482 e. The molecule has 1 unspecified atom stereocenters. The van der Waals surface area contributed by atoms with E-state index in [-0.39, 0.29) is 18.2 Å². The fourth-order valence-corrected chi connectivity index (χ4v) is 6.13. The van der Waals surface area contributed by atoms with E-state index in [0.29, 0.717) is 51.5 Å². The molecule has 40 heavy (non-hydrogen) atoms. The quantitative estimate of drug-likeness (QED) is 0.462. The zero-order chi connectivity index (χ0) is 28.1. The zero-order valence-corrected chi connectivity index (χ0v) is 24.3. The first-order valence-electron chi connectivity index (χ1n) is 14.9. The molecule has 3 fully saturated rings. The van der Waals surface area contributed by atoms with Crippen molar-refractivity contribution in [2.24, 2.45) is 5.92 Å². The van der Waals surface area contributed by atoms with Crippen LogP contribution in [0.3, 0.4) is 0 Å². The van der Waals surface area contributed by atoms with Gasteiger partial charge in [0.2, 0.25) is 0 Å². The Morgan fingerprint density at radius 3 is 2.50 bits per heavy atom. The van der Waals surface area contributed by atoms with Crippen LogP contribution in [0.15, 0.2) is 24.4 Å². The molecular weight excluding hydrogens is 508 g/mol. The number of rotatable bonds is 3. The molecule has 2 amide bonds. The molecule has 0 radical (unpaired) electrons. The standard InChI is InChI=1S/C31H42N4O5/c1-21-7-10-24-26(18-21)39-31(12-16-34(17-13-31)28(36)38-20-22-8-9-22)25-19-35(32-27(24)25)23-6-5-14-33(15-11-23)29(37)40-30(2,3)4/h7,10,18-19,22-23H,5-6,8-9,11-17,20H2,1-4H3. The van der Waals surface area contributed by atoms with Gasteiger partial charge in [0, 0.05) is 56.3 Å². The van der Waals surface area contributed by atoms with Gasteiger partial charge in [-0.15, -0.1) is 0 Å². The van der Waals surface area contributed by atoms with Crippen molar-refractivity contribution in [2.75, 3.05) is 32.8 Å². The van der Waals surface area contributed by atoms with E-state index in [1.54, 1.807) is 0 Å². The first-order valence-corrected chi connectivity index (χ1v) is 14.9. The van der Waals surface area contributed by atoms with Crippen LogP contribution < -0.4 is 4.74 Å². The Balaban J connectivity index is 1.22. The molecule has 6 rings (SSSR count). The molecule has 216 valence electrons. The van der Waals surface area contributed by atoms with Crippen LogP contribution in [-0.2, 0) is 15.1 Å². The Morgan fingerprint density at radius 2 is 1.77 bits per heavy atom. The van der Waals surface area contributed by atoms with Gasteiger partial charge in [0.25, 0.3) is 0 Å². The summed E-state index contributed by atoms with van der Waals surface area (Å²) in [6.45, 7) is 10.8. The summed E-state index contributed by atoms with van der Waals surface area (Å²) in [6.07, 6.45) is 8.07. The summed E-state index contributed by atoms with van der Waals surface area (Å²) in [5.74, 6) is 1.41. The molecule has 4 heterocycles. The van der Waals surface area contributed by atoms with Gasteiger partial charge in [0.1, 0.15) is 22.6 Å². The molecule has 1 aliphatic carbocycles. The average Bonchev–Trinajstić information content (AvgIpc) is 3.67. The lowest BCUT2D eigenvalue weighted by Gasteiger charge is -2.43. The highest BCUT2D eigenvalue weighted by atomic mass is 16.6. The van der Waals surface area contributed by atoms with E-state index in [9.17, 15) is 9.59 Å². The summed E-state index contributed by atoms with van der Waals surface area (Å²) in [6, 6.07) is 6.49. The van der Waals surface area contributed by atoms with Gasteiger partial charge < -0.3 is 24.0 Å². The number of carbonyl (C=O) groups is 2. The van der Waals surface area contributed by atoms with Crippen molar-refractivity contribution in [1.29, 1.82) is 0 Å². The fraction of sp³-hybridized carbons (Fsp3) is 0.645. The van der Waals surface area contributed by atoms with Gasteiger partial charge in [0.05, 0.1) is 12.6 Å². The number of likely N-dealkylation sites (tertiary alicyclic amines) is 2. The van der Waals surface area contributed by atoms with Crippen LogP contribution in [0, 0.1) is 12.8 Å². The molecule has 3 aliphatic heterocycles. The molecule has 1 spiro atoms. The number of carbonyl (C=O) groups excluding carboxylic acids is 2. The van der Waals surface area contributed by atoms with Crippen molar-refractivity contribution < 1.29 is 23.8 Å². The SMILES string of the molecule is Cc1ccc2c(c1)OC1(CCN(C(=O)OCC3CC3)CC1)c1cn(C3CCCN(C(=O)OC(C)(C)C)CC3)nc1-2. The van der Waals surface area contributed by atoms with Gasteiger partial charge in [-0.25, -0.2) is 9.59 Å². The maximum atomic E-state index is 12.7. The highest BCUT2D eigenvalue weighted by molar-refractivity contribution is 5.74. The topological polar surface area (TPSA) is 86.1 Å². The number of piperidine rings is 1. The first-order chi connectivity index (χ1) is 19.1. The third-order valence-corrected chi connectivity index (χ3v) is 8.61. The summed E-state index contributed by atoms with van der Waals surface area (Å²) < 4.78 is 20.1. The van der Waals surface area contributed by atoms with E-state index in [0.717, 1.165) is 60.2 Å². The predicted molar refractivity (Wildman–Crippen MR) is 150 cm³/mol. The number of amides is 2. The second-order valence-corrected chi connectivity index (χ2v) is 13.0. The Kier molecular flexibility index (Phi) is 6.95. The molecule has 9 heteroatoms. The van der Waals surface area contributed by atoms with Gasteiger partial charge >= 0.3 is 12.2 Å². The lowest BCUT2D eigenvalue weighted by atomic mass is 9.81. The number of hydrogen-bond donors (Lipinski definition) is 0. The monoisotopic (exact) mass is 550 g/mol. The first kappa shape index (κ1) is 27.0. The number of aryl methyl sites for hydroxylation is 1. The van der Waals surface area contributed by atoms with Gasteiger partial charge in [0.15, 0.2) is 0 Å². The van der Waals surface area contributed by atoms with E-state index in [1.165, 1.54) is 0 Å². The minimum Gasteiger partial charge on any atom is -0.482 e. The van der Waals surface area contributed by atoms with E-state index >= 15 is 0 Å². The number of hydrogen-bond acceptors (Lipinski definition) is 6. The van der Waals surface area contributed by atoms with Crippen LogP contribution in [0.2, 0.25) is 0 Å². The van der Waals surface area contributed by atoms with Gasteiger partial charge in [-0.05, 0) is 83.4 Å². The molecule has 4 aliphatic rings. The highest BCUT2D eigenvalue weighted by Crippen LogP contribution is 2.50. The van der Waals surface area contributed by atoms with Crippen LogP contribution in [0.4, 0.5) is 9.59 Å². The summed E-state index contributed by atoms with van der Waals surface area (Å²) in [5, 5.41) is 5.17. The molecule has 1 atom stereocenters. The van der Waals surface area contributed by atoms with Crippen molar-refractivity contribution in [3.63, 3.8) is 0 Å². The smallest absolute Gasteiger partial charge is 0.410 e. The molecule has 9 nitrogen and oxygen atoms in total. The number of nitrogens with zero attached hydrogens (tertiary/aromatic N) is 4. The molecule has 0 bridgehead atoms. The summed E-state index contributed by atoms with van der Waals surface area (Å²) in [4.78, 5) is 29.1. The second-order valence-electron chi connectivity index (χ2n) is 13.0. The van der Waals surface area contributed by atoms with Crippen molar-refractivity contribution in [2.45, 2.75) is 89.9 Å². The van der Waals surface area contributed by atoms with Crippen molar-refractivity contribution in [3.8, 4) is 17.0 Å². The Bertz CT molecular complexity index is 1270. The molecular formula is C31H42N4O5. The van der Waals surface area contributed by atoms with Crippen molar-refractivity contribution in [3.05, 3.63) is 35.5 Å². The summed E-state index contributed by atoms with van der Waals surface area (Å²) in [5.41, 5.74) is 3.19. The van der Waals surface area contributed by atoms with Crippen LogP contribution in [0.5, 0.6) is 5.75 Å². The Morgan fingerprint density at radius 1 is 1.02 bits per heavy atom. The lowest BCUT2D eigenvalue weighted by Crippen LogP contribution is -2.49. The van der Waals surface area contributed by atoms with E-state index in [2.05, 4.69) is 36.0 Å². The van der Waals surface area contributed by atoms with Crippen LogP contribution in [-0.4, -0.2) is 70.2 Å². The second kappa shape index (κ2) is 10.3. The van der Waals surface area contributed by atoms with E-state index in [1.807, 2.05) is 30.6 Å². The Hall–Kier alpha value is -3.23. The van der Waals surface area contributed by atoms with Gasteiger partial charge in [-0.3, -0.25) is 4.68 Å². The van der Waals surface area contributed by atoms with E-state index < -0.39 is 11.2 Å². The lowest BCUT2D eigenvalue weighted by molar-refractivity contribution is -0.00609.